The summed E-state index contributed by atoms with van der Waals surface area (Å²) >= 11 is 12.3. The number of halogens is 2. The van der Waals surface area contributed by atoms with Crippen molar-refractivity contribution in [3.63, 3.8) is 0 Å². The zero-order valence-corrected chi connectivity index (χ0v) is 22.6. The fraction of sp³-hybridized carbons (Fsp3) is 0.241. The lowest BCUT2D eigenvalue weighted by molar-refractivity contribution is 0.0734. The molecule has 0 aliphatic carbocycles. The lowest BCUT2D eigenvalue weighted by Crippen LogP contribution is -2.21. The van der Waals surface area contributed by atoms with E-state index < -0.39 is 11.9 Å². The Balaban J connectivity index is 1.62. The highest BCUT2D eigenvalue weighted by atomic mass is 35.5. The predicted octanol–water partition coefficient (Wildman–Crippen LogP) is 6.86. The van der Waals surface area contributed by atoms with Gasteiger partial charge in [-0.1, -0.05) is 55.2 Å². The molecule has 0 bridgehead atoms. The van der Waals surface area contributed by atoms with Crippen LogP contribution in [-0.4, -0.2) is 19.7 Å². The summed E-state index contributed by atoms with van der Waals surface area (Å²) in [5, 5.41) is 10.2. The minimum Gasteiger partial charge on any atom is -0.494 e. The number of hydrogen-bond donors (Lipinski definition) is 1. The van der Waals surface area contributed by atoms with Crippen LogP contribution in [0.15, 0.2) is 66.1 Å². The van der Waals surface area contributed by atoms with Gasteiger partial charge in [-0.15, -0.1) is 0 Å². The van der Waals surface area contributed by atoms with Crippen LogP contribution in [0.5, 0.6) is 23.0 Å². The van der Waals surface area contributed by atoms with Gasteiger partial charge in [-0.05, 0) is 48.2 Å². The highest BCUT2D eigenvalue weighted by Gasteiger charge is 2.31. The standard InChI is InChI=1S/C29H26Cl2N2O5/c1-16(2)9-10-36-19-6-4-5-17(11-19)26-21-8-7-20(14-25(21)38-28(33)22(26)15-32)37-29(34)18-12-23(30)27(35-3)24(31)13-18/h4-8,11-14,16,26H,9-10,33H2,1-3H3. The maximum Gasteiger partial charge on any atom is 0.343 e. The van der Waals surface area contributed by atoms with Crippen LogP contribution in [0.2, 0.25) is 10.0 Å². The van der Waals surface area contributed by atoms with E-state index in [9.17, 15) is 10.1 Å². The molecule has 38 heavy (non-hydrogen) atoms. The van der Waals surface area contributed by atoms with E-state index in [1.54, 1.807) is 18.2 Å². The summed E-state index contributed by atoms with van der Waals surface area (Å²) in [5.41, 5.74) is 8.10. The minimum absolute atomic E-state index is 0.0201. The Kier molecular flexibility index (Phi) is 8.35. The van der Waals surface area contributed by atoms with Crippen molar-refractivity contribution >= 4 is 29.2 Å². The van der Waals surface area contributed by atoms with Crippen molar-refractivity contribution in [1.29, 1.82) is 5.26 Å². The molecule has 1 heterocycles. The van der Waals surface area contributed by atoms with Crippen LogP contribution in [0, 0.1) is 17.2 Å². The van der Waals surface area contributed by atoms with E-state index in [2.05, 4.69) is 19.9 Å². The van der Waals surface area contributed by atoms with Crippen LogP contribution in [0.1, 0.15) is 47.7 Å². The molecule has 0 saturated carbocycles. The highest BCUT2D eigenvalue weighted by molar-refractivity contribution is 6.37. The second kappa shape index (κ2) is 11.7. The topological polar surface area (TPSA) is 104 Å². The number of methoxy groups -OCH3 is 1. The van der Waals surface area contributed by atoms with E-state index in [4.69, 9.17) is 47.9 Å². The fourth-order valence-corrected chi connectivity index (χ4v) is 4.72. The Morgan fingerprint density at radius 1 is 1.11 bits per heavy atom. The number of hydrogen-bond acceptors (Lipinski definition) is 7. The van der Waals surface area contributed by atoms with Crippen molar-refractivity contribution in [2.24, 2.45) is 11.7 Å². The maximum atomic E-state index is 12.8. The molecular formula is C29H26Cl2N2O5. The summed E-state index contributed by atoms with van der Waals surface area (Å²) in [6, 6.07) is 17.5. The van der Waals surface area contributed by atoms with E-state index in [1.807, 2.05) is 24.3 Å². The SMILES string of the molecule is COc1c(Cl)cc(C(=O)Oc2ccc3c(c2)OC(N)=C(C#N)C3c2cccc(OCCC(C)C)c2)cc1Cl. The number of benzene rings is 3. The van der Waals surface area contributed by atoms with Crippen LogP contribution < -0.4 is 24.7 Å². The number of esters is 1. The molecule has 196 valence electrons. The molecule has 9 heteroatoms. The van der Waals surface area contributed by atoms with E-state index in [0.717, 1.165) is 12.0 Å². The number of carbonyl (C=O) groups is 1. The first-order valence-electron chi connectivity index (χ1n) is 11.9. The maximum absolute atomic E-state index is 12.8. The molecule has 2 N–H and O–H groups in total. The summed E-state index contributed by atoms with van der Waals surface area (Å²) in [6.45, 7) is 4.87. The van der Waals surface area contributed by atoms with Crippen LogP contribution in [0.3, 0.4) is 0 Å². The molecule has 1 atom stereocenters. The largest absolute Gasteiger partial charge is 0.494 e. The Hall–Kier alpha value is -3.86. The number of ether oxygens (including phenoxy) is 4. The Bertz CT molecular complexity index is 1420. The first-order valence-corrected chi connectivity index (χ1v) is 12.7. The molecule has 0 amide bonds. The molecule has 1 aliphatic rings. The van der Waals surface area contributed by atoms with Gasteiger partial charge in [0, 0.05) is 11.6 Å². The van der Waals surface area contributed by atoms with E-state index in [0.29, 0.717) is 29.6 Å². The number of nitriles is 1. The fourth-order valence-electron chi connectivity index (χ4n) is 4.08. The van der Waals surface area contributed by atoms with Gasteiger partial charge in [0.2, 0.25) is 5.88 Å². The molecule has 3 aromatic rings. The molecular weight excluding hydrogens is 527 g/mol. The second-order valence-electron chi connectivity index (χ2n) is 9.09. The number of nitrogens with zero attached hydrogens (tertiary/aromatic N) is 1. The monoisotopic (exact) mass is 552 g/mol. The van der Waals surface area contributed by atoms with Crippen molar-refractivity contribution in [3.05, 3.63) is 92.8 Å². The van der Waals surface area contributed by atoms with Gasteiger partial charge in [-0.25, -0.2) is 4.79 Å². The Morgan fingerprint density at radius 2 is 1.84 bits per heavy atom. The van der Waals surface area contributed by atoms with Crippen LogP contribution in [0.4, 0.5) is 0 Å². The number of rotatable bonds is 8. The quantitative estimate of drug-likeness (QED) is 0.240. The van der Waals surface area contributed by atoms with Crippen molar-refractivity contribution < 1.29 is 23.7 Å². The third kappa shape index (κ3) is 5.83. The first-order chi connectivity index (χ1) is 18.2. The minimum atomic E-state index is -0.670. The van der Waals surface area contributed by atoms with Crippen molar-refractivity contribution in [1.82, 2.24) is 0 Å². The Morgan fingerprint density at radius 3 is 2.50 bits per heavy atom. The lowest BCUT2D eigenvalue weighted by atomic mass is 9.83. The molecule has 0 saturated heterocycles. The second-order valence-corrected chi connectivity index (χ2v) is 9.90. The van der Waals surface area contributed by atoms with E-state index >= 15 is 0 Å². The first kappa shape index (κ1) is 27.2. The van der Waals surface area contributed by atoms with Gasteiger partial charge in [0.15, 0.2) is 5.75 Å². The average molecular weight is 553 g/mol. The number of allylic oxidation sites excluding steroid dienone is 1. The van der Waals surface area contributed by atoms with Gasteiger partial charge in [-0.2, -0.15) is 5.26 Å². The summed E-state index contributed by atoms with van der Waals surface area (Å²) in [5.74, 6) is 0.905. The van der Waals surface area contributed by atoms with Crippen LogP contribution >= 0.6 is 23.2 Å². The molecule has 4 rings (SSSR count). The zero-order chi connectivity index (χ0) is 27.4. The predicted molar refractivity (Wildman–Crippen MR) is 145 cm³/mol. The van der Waals surface area contributed by atoms with Gasteiger partial charge in [-0.3, -0.25) is 0 Å². The highest BCUT2D eigenvalue weighted by Crippen LogP contribution is 2.44. The Labute approximate surface area is 231 Å². The normalized spacial score (nSPS) is 14.4. The number of fused-ring (bicyclic) bond motifs is 1. The summed E-state index contributed by atoms with van der Waals surface area (Å²) < 4.78 is 22.3. The van der Waals surface area contributed by atoms with Crippen LogP contribution in [0.25, 0.3) is 0 Å². The van der Waals surface area contributed by atoms with Gasteiger partial charge in [0.05, 0.1) is 35.2 Å². The van der Waals surface area contributed by atoms with Crippen molar-refractivity contribution in [2.45, 2.75) is 26.2 Å². The zero-order valence-electron chi connectivity index (χ0n) is 21.1. The van der Waals surface area contributed by atoms with Gasteiger partial charge in [0.25, 0.3) is 0 Å². The molecule has 3 aromatic carbocycles. The van der Waals surface area contributed by atoms with Crippen LogP contribution in [-0.2, 0) is 0 Å². The molecule has 1 aliphatic heterocycles. The van der Waals surface area contributed by atoms with Crippen molar-refractivity contribution in [3.8, 4) is 29.1 Å². The van der Waals surface area contributed by atoms with E-state index in [-0.39, 0.29) is 38.6 Å². The van der Waals surface area contributed by atoms with E-state index in [1.165, 1.54) is 19.2 Å². The number of nitrogens with two attached hydrogens (primary N) is 1. The molecule has 7 nitrogen and oxygen atoms in total. The smallest absolute Gasteiger partial charge is 0.343 e. The summed E-state index contributed by atoms with van der Waals surface area (Å²) in [4.78, 5) is 12.8. The average Bonchev–Trinajstić information content (AvgIpc) is 2.87. The molecule has 0 aromatic heterocycles. The molecule has 0 fully saturated rings. The third-order valence-electron chi connectivity index (χ3n) is 5.99. The van der Waals surface area contributed by atoms with Gasteiger partial charge >= 0.3 is 5.97 Å². The number of carbonyl (C=O) groups excluding carboxylic acids is 1. The molecule has 0 spiro atoms. The lowest BCUT2D eigenvalue weighted by Gasteiger charge is -2.27. The summed E-state index contributed by atoms with van der Waals surface area (Å²) in [7, 11) is 1.43. The molecule has 1 unspecified atom stereocenters. The third-order valence-corrected chi connectivity index (χ3v) is 6.56. The summed E-state index contributed by atoms with van der Waals surface area (Å²) in [6.07, 6.45) is 0.928. The van der Waals surface area contributed by atoms with Crippen molar-refractivity contribution in [2.75, 3.05) is 13.7 Å². The van der Waals surface area contributed by atoms with Gasteiger partial charge < -0.3 is 24.7 Å². The van der Waals surface area contributed by atoms with Gasteiger partial charge in [0.1, 0.15) is 28.9 Å². The molecule has 0 radical (unpaired) electrons.